The van der Waals surface area contributed by atoms with Crippen molar-refractivity contribution in [2.75, 3.05) is 6.54 Å². The van der Waals surface area contributed by atoms with E-state index in [-0.39, 0.29) is 6.42 Å². The lowest BCUT2D eigenvalue weighted by molar-refractivity contribution is -0.137. The highest BCUT2D eigenvalue weighted by molar-refractivity contribution is 5.66. The van der Waals surface area contributed by atoms with Crippen LogP contribution in [0.15, 0.2) is 12.5 Å². The molecule has 0 saturated carbocycles. The fourth-order valence-electron chi connectivity index (χ4n) is 1.78. The second-order valence-electron chi connectivity index (χ2n) is 3.70. The Morgan fingerprint density at radius 3 is 3.13 bits per heavy atom. The van der Waals surface area contributed by atoms with Gasteiger partial charge in [0.25, 0.3) is 0 Å². The van der Waals surface area contributed by atoms with E-state index >= 15 is 0 Å². The first-order chi connectivity index (χ1) is 7.25. The Morgan fingerprint density at radius 2 is 2.40 bits per heavy atom. The van der Waals surface area contributed by atoms with E-state index in [0.29, 0.717) is 6.42 Å². The minimum atomic E-state index is -0.730. The maximum Gasteiger partial charge on any atom is 0.303 e. The summed E-state index contributed by atoms with van der Waals surface area (Å²) in [6.07, 6.45) is 4.31. The maximum absolute atomic E-state index is 10.4. The van der Waals surface area contributed by atoms with Gasteiger partial charge in [0.1, 0.15) is 6.33 Å². The monoisotopic (exact) mass is 207 g/mol. The van der Waals surface area contributed by atoms with Crippen LogP contribution in [0.25, 0.3) is 0 Å². The average molecular weight is 207 g/mol. The topological polar surface area (TPSA) is 66.3 Å². The van der Waals surface area contributed by atoms with Crippen LogP contribution in [0.5, 0.6) is 0 Å². The molecule has 1 aliphatic heterocycles. The normalized spacial score (nSPS) is 15.2. The van der Waals surface area contributed by atoms with Crippen molar-refractivity contribution in [3.05, 3.63) is 23.8 Å². The minimum absolute atomic E-state index is 0.235. The van der Waals surface area contributed by atoms with E-state index in [1.807, 2.05) is 6.20 Å². The van der Waals surface area contributed by atoms with Gasteiger partial charge in [0, 0.05) is 31.3 Å². The highest BCUT2D eigenvalue weighted by Gasteiger charge is 2.19. The molecule has 1 N–H and O–H groups in total. The minimum Gasteiger partial charge on any atom is -0.481 e. The fraction of sp³-hybridized carbons (Fsp3) is 0.500. The maximum atomic E-state index is 10.4. The SMILES string of the molecule is O=C(O)CCCN1Cc2cncnc2C1. The third kappa shape index (κ3) is 2.50. The van der Waals surface area contributed by atoms with Crippen LogP contribution >= 0.6 is 0 Å². The van der Waals surface area contributed by atoms with Crippen LogP contribution in [-0.4, -0.2) is 32.5 Å². The Labute approximate surface area is 87.8 Å². The van der Waals surface area contributed by atoms with Gasteiger partial charge in [0.2, 0.25) is 0 Å². The zero-order chi connectivity index (χ0) is 10.7. The molecular formula is C10H13N3O2. The zero-order valence-electron chi connectivity index (χ0n) is 8.39. The number of rotatable bonds is 4. The molecule has 0 fully saturated rings. The van der Waals surface area contributed by atoms with Crippen LogP contribution in [0.1, 0.15) is 24.1 Å². The van der Waals surface area contributed by atoms with Crippen LogP contribution in [0.4, 0.5) is 0 Å². The predicted molar refractivity (Wildman–Crippen MR) is 53.0 cm³/mol. The van der Waals surface area contributed by atoms with Crippen molar-refractivity contribution in [3.63, 3.8) is 0 Å². The van der Waals surface area contributed by atoms with Gasteiger partial charge in [-0.2, -0.15) is 0 Å². The summed E-state index contributed by atoms with van der Waals surface area (Å²) in [6, 6.07) is 0. The zero-order valence-corrected chi connectivity index (χ0v) is 8.39. The fourth-order valence-corrected chi connectivity index (χ4v) is 1.78. The van der Waals surface area contributed by atoms with E-state index in [2.05, 4.69) is 14.9 Å². The highest BCUT2D eigenvalue weighted by Crippen LogP contribution is 2.19. The molecule has 15 heavy (non-hydrogen) atoms. The molecule has 2 rings (SSSR count). The van der Waals surface area contributed by atoms with E-state index < -0.39 is 5.97 Å². The van der Waals surface area contributed by atoms with Crippen molar-refractivity contribution in [3.8, 4) is 0 Å². The van der Waals surface area contributed by atoms with Crippen LogP contribution in [0.2, 0.25) is 0 Å². The molecular weight excluding hydrogens is 194 g/mol. The molecule has 0 aromatic carbocycles. The standard InChI is InChI=1S/C10H13N3O2/c14-10(15)2-1-3-13-5-8-4-11-7-12-9(8)6-13/h4,7H,1-3,5-6H2,(H,14,15). The number of fused-ring (bicyclic) bond motifs is 1. The number of aliphatic carboxylic acids is 1. The Hall–Kier alpha value is -1.49. The molecule has 1 aromatic rings. The Balaban J connectivity index is 1.83. The molecule has 1 aliphatic rings. The van der Waals surface area contributed by atoms with E-state index in [4.69, 9.17) is 5.11 Å². The van der Waals surface area contributed by atoms with Crippen LogP contribution in [0, 0.1) is 0 Å². The quantitative estimate of drug-likeness (QED) is 0.785. The van der Waals surface area contributed by atoms with Crippen molar-refractivity contribution in [2.45, 2.75) is 25.9 Å². The molecule has 0 amide bonds. The third-order valence-electron chi connectivity index (χ3n) is 2.51. The first-order valence-electron chi connectivity index (χ1n) is 4.97. The number of aromatic nitrogens is 2. The summed E-state index contributed by atoms with van der Waals surface area (Å²) >= 11 is 0. The first-order valence-corrected chi connectivity index (χ1v) is 4.97. The van der Waals surface area contributed by atoms with Gasteiger partial charge in [0.05, 0.1) is 5.69 Å². The van der Waals surface area contributed by atoms with Gasteiger partial charge < -0.3 is 5.11 Å². The highest BCUT2D eigenvalue weighted by atomic mass is 16.4. The molecule has 80 valence electrons. The largest absolute Gasteiger partial charge is 0.481 e. The summed E-state index contributed by atoms with van der Waals surface area (Å²) in [6.45, 7) is 2.47. The number of carboxylic acids is 1. The molecule has 0 atom stereocenters. The summed E-state index contributed by atoms with van der Waals surface area (Å²) in [4.78, 5) is 20.7. The predicted octanol–water partition coefficient (Wildman–Crippen LogP) is 0.657. The van der Waals surface area contributed by atoms with Crippen molar-refractivity contribution in [2.24, 2.45) is 0 Å². The van der Waals surface area contributed by atoms with Crippen molar-refractivity contribution >= 4 is 5.97 Å². The number of hydrogen-bond acceptors (Lipinski definition) is 4. The number of carboxylic acid groups (broad SMARTS) is 1. The second kappa shape index (κ2) is 4.35. The lowest BCUT2D eigenvalue weighted by atomic mass is 10.3. The summed E-state index contributed by atoms with van der Waals surface area (Å²) in [5, 5.41) is 8.52. The summed E-state index contributed by atoms with van der Waals surface area (Å²) in [5.41, 5.74) is 2.23. The van der Waals surface area contributed by atoms with Gasteiger partial charge in [-0.15, -0.1) is 0 Å². The molecule has 1 aromatic heterocycles. The average Bonchev–Trinajstić information content (AvgIpc) is 2.59. The van der Waals surface area contributed by atoms with Crippen molar-refractivity contribution in [1.82, 2.24) is 14.9 Å². The van der Waals surface area contributed by atoms with Crippen LogP contribution in [0.3, 0.4) is 0 Å². The smallest absolute Gasteiger partial charge is 0.303 e. The molecule has 5 heteroatoms. The molecule has 0 bridgehead atoms. The van der Waals surface area contributed by atoms with Crippen LogP contribution < -0.4 is 0 Å². The summed E-state index contributed by atoms with van der Waals surface area (Å²) in [7, 11) is 0. The molecule has 0 unspecified atom stereocenters. The van der Waals surface area contributed by atoms with Crippen molar-refractivity contribution in [1.29, 1.82) is 0 Å². The van der Waals surface area contributed by atoms with Gasteiger partial charge in [-0.05, 0) is 13.0 Å². The summed E-state index contributed by atoms with van der Waals surface area (Å²) in [5.74, 6) is -0.730. The molecule has 5 nitrogen and oxygen atoms in total. The van der Waals surface area contributed by atoms with Crippen LogP contribution in [-0.2, 0) is 17.9 Å². The second-order valence-corrected chi connectivity index (χ2v) is 3.70. The number of carbonyl (C=O) groups is 1. The van der Waals surface area contributed by atoms with Gasteiger partial charge in [-0.3, -0.25) is 9.69 Å². The van der Waals surface area contributed by atoms with Gasteiger partial charge >= 0.3 is 5.97 Å². The molecule has 0 spiro atoms. The van der Waals surface area contributed by atoms with Gasteiger partial charge in [0.15, 0.2) is 0 Å². The number of nitrogens with zero attached hydrogens (tertiary/aromatic N) is 3. The molecule has 0 radical (unpaired) electrons. The lowest BCUT2D eigenvalue weighted by Crippen LogP contribution is -2.18. The molecule has 0 saturated heterocycles. The number of hydrogen-bond donors (Lipinski definition) is 1. The van der Waals surface area contributed by atoms with E-state index in [0.717, 1.165) is 30.9 Å². The lowest BCUT2D eigenvalue weighted by Gasteiger charge is -2.12. The Kier molecular flexibility index (Phi) is 2.91. The van der Waals surface area contributed by atoms with E-state index in [1.165, 1.54) is 0 Å². The van der Waals surface area contributed by atoms with Gasteiger partial charge in [-0.1, -0.05) is 0 Å². The summed E-state index contributed by atoms with van der Waals surface area (Å²) < 4.78 is 0. The molecule has 2 heterocycles. The van der Waals surface area contributed by atoms with Gasteiger partial charge in [-0.25, -0.2) is 9.97 Å². The first kappa shape index (κ1) is 10.0. The van der Waals surface area contributed by atoms with E-state index in [1.54, 1.807) is 6.33 Å². The Morgan fingerprint density at radius 1 is 1.53 bits per heavy atom. The molecule has 0 aliphatic carbocycles. The third-order valence-corrected chi connectivity index (χ3v) is 2.51. The van der Waals surface area contributed by atoms with Crippen molar-refractivity contribution < 1.29 is 9.90 Å². The Bertz CT molecular complexity index is 342. The van der Waals surface area contributed by atoms with E-state index in [9.17, 15) is 4.79 Å².